The molecule has 0 N–H and O–H groups in total. The number of nitriles is 1. The second-order valence-corrected chi connectivity index (χ2v) is 7.24. The molecule has 0 atom stereocenters. The Bertz CT molecular complexity index is 671. The van der Waals surface area contributed by atoms with Crippen molar-refractivity contribution in [3.05, 3.63) is 29.8 Å². The summed E-state index contributed by atoms with van der Waals surface area (Å²) in [5.74, 6) is -0.0141. The van der Waals surface area contributed by atoms with Crippen LogP contribution in [0.4, 0.5) is 5.69 Å². The molecular weight excluding hydrogens is 302 g/mol. The molecule has 1 fully saturated rings. The van der Waals surface area contributed by atoms with Crippen LogP contribution in [0.5, 0.6) is 0 Å². The molecule has 2 rings (SSSR count). The quantitative estimate of drug-likeness (QED) is 0.819. The first-order valence-electron chi connectivity index (χ1n) is 7.17. The van der Waals surface area contributed by atoms with Gasteiger partial charge in [-0.05, 0) is 37.1 Å². The fourth-order valence-electron chi connectivity index (χ4n) is 2.51. The lowest BCUT2D eigenvalue weighted by Crippen LogP contribution is -2.35. The highest BCUT2D eigenvalue weighted by molar-refractivity contribution is 7.92. The molecule has 1 aromatic rings. The highest BCUT2D eigenvalue weighted by atomic mass is 32.2. The molecule has 0 saturated carbocycles. The van der Waals surface area contributed by atoms with Gasteiger partial charge in [0.05, 0.1) is 23.6 Å². The van der Waals surface area contributed by atoms with Crippen molar-refractivity contribution in [3.8, 4) is 6.07 Å². The molecule has 1 aliphatic heterocycles. The van der Waals surface area contributed by atoms with E-state index >= 15 is 0 Å². The van der Waals surface area contributed by atoms with Gasteiger partial charge >= 0.3 is 0 Å². The fourth-order valence-corrected chi connectivity index (χ4v) is 3.44. The molecule has 1 amide bonds. The van der Waals surface area contributed by atoms with E-state index in [1.807, 2.05) is 6.07 Å². The number of amides is 1. The van der Waals surface area contributed by atoms with Crippen LogP contribution in [0.15, 0.2) is 24.3 Å². The van der Waals surface area contributed by atoms with Gasteiger partial charge in [-0.3, -0.25) is 9.10 Å². The number of rotatable bonds is 5. The lowest BCUT2D eigenvalue weighted by molar-refractivity contribution is -0.129. The lowest BCUT2D eigenvalue weighted by Gasteiger charge is -2.23. The summed E-state index contributed by atoms with van der Waals surface area (Å²) in [6.45, 7) is 1.63. The summed E-state index contributed by atoms with van der Waals surface area (Å²) in [6, 6.07) is 8.29. The van der Waals surface area contributed by atoms with Crippen molar-refractivity contribution in [2.45, 2.75) is 19.3 Å². The van der Waals surface area contributed by atoms with E-state index in [1.165, 1.54) is 4.31 Å². The highest BCUT2D eigenvalue weighted by Gasteiger charge is 2.22. The lowest BCUT2D eigenvalue weighted by atomic mass is 10.2. The van der Waals surface area contributed by atoms with Gasteiger partial charge < -0.3 is 4.90 Å². The van der Waals surface area contributed by atoms with Crippen molar-refractivity contribution in [1.29, 1.82) is 5.26 Å². The van der Waals surface area contributed by atoms with Crippen LogP contribution in [0, 0.1) is 11.3 Å². The molecule has 0 radical (unpaired) electrons. The molecule has 0 aliphatic carbocycles. The van der Waals surface area contributed by atoms with E-state index in [0.717, 1.165) is 32.2 Å². The maximum absolute atomic E-state index is 12.1. The molecule has 1 aromatic carbocycles. The molecule has 0 spiro atoms. The third-order valence-electron chi connectivity index (χ3n) is 3.67. The Hall–Kier alpha value is -2.07. The van der Waals surface area contributed by atoms with Gasteiger partial charge in [0.2, 0.25) is 15.9 Å². The molecule has 6 nitrogen and oxygen atoms in total. The Kier molecular flexibility index (Phi) is 5.03. The van der Waals surface area contributed by atoms with Crippen molar-refractivity contribution in [1.82, 2.24) is 4.90 Å². The molecule has 7 heteroatoms. The fraction of sp³-hybridized carbons (Fsp3) is 0.467. The minimum atomic E-state index is -3.48. The molecule has 1 saturated heterocycles. The van der Waals surface area contributed by atoms with Gasteiger partial charge in [-0.25, -0.2) is 8.42 Å². The van der Waals surface area contributed by atoms with Crippen LogP contribution in [0.2, 0.25) is 0 Å². The van der Waals surface area contributed by atoms with Gasteiger partial charge in [0.1, 0.15) is 0 Å². The van der Waals surface area contributed by atoms with Crippen molar-refractivity contribution in [3.63, 3.8) is 0 Å². The SMILES string of the molecule is CS(=O)(=O)N(CCC(=O)N1CCCC1)c1ccc(C#N)cc1. The van der Waals surface area contributed by atoms with Gasteiger partial charge in [-0.1, -0.05) is 0 Å². The van der Waals surface area contributed by atoms with Crippen molar-refractivity contribution >= 4 is 21.6 Å². The Labute approximate surface area is 131 Å². The Morgan fingerprint density at radius 1 is 1.27 bits per heavy atom. The van der Waals surface area contributed by atoms with E-state index in [1.54, 1.807) is 29.2 Å². The number of sulfonamides is 1. The maximum Gasteiger partial charge on any atom is 0.232 e. The van der Waals surface area contributed by atoms with E-state index in [0.29, 0.717) is 11.3 Å². The molecular formula is C15H19N3O3S. The minimum absolute atomic E-state index is 0.0141. The molecule has 22 heavy (non-hydrogen) atoms. The van der Waals surface area contributed by atoms with E-state index in [4.69, 9.17) is 5.26 Å². The third-order valence-corrected chi connectivity index (χ3v) is 4.87. The maximum atomic E-state index is 12.1. The number of carbonyl (C=O) groups excluding carboxylic acids is 1. The highest BCUT2D eigenvalue weighted by Crippen LogP contribution is 2.19. The van der Waals surface area contributed by atoms with Crippen molar-refractivity contribution < 1.29 is 13.2 Å². The van der Waals surface area contributed by atoms with E-state index in [2.05, 4.69) is 0 Å². The summed E-state index contributed by atoms with van der Waals surface area (Å²) in [5, 5.41) is 8.79. The average Bonchev–Trinajstić information content (AvgIpc) is 3.01. The average molecular weight is 321 g/mol. The second kappa shape index (κ2) is 6.79. The number of likely N-dealkylation sites (tertiary alicyclic amines) is 1. The van der Waals surface area contributed by atoms with E-state index in [9.17, 15) is 13.2 Å². The molecule has 0 bridgehead atoms. The Morgan fingerprint density at radius 3 is 2.36 bits per heavy atom. The van der Waals surface area contributed by atoms with Crippen LogP contribution in [0.25, 0.3) is 0 Å². The van der Waals surface area contributed by atoms with E-state index in [-0.39, 0.29) is 18.9 Å². The van der Waals surface area contributed by atoms with Crippen LogP contribution < -0.4 is 4.31 Å². The number of hydrogen-bond donors (Lipinski definition) is 0. The first kappa shape index (κ1) is 16.3. The molecule has 0 unspecified atom stereocenters. The van der Waals surface area contributed by atoms with Crippen LogP contribution in [-0.4, -0.2) is 45.1 Å². The zero-order chi connectivity index (χ0) is 16.2. The zero-order valence-corrected chi connectivity index (χ0v) is 13.3. The number of benzene rings is 1. The molecule has 1 aliphatic rings. The van der Waals surface area contributed by atoms with Crippen LogP contribution >= 0.6 is 0 Å². The largest absolute Gasteiger partial charge is 0.343 e. The van der Waals surface area contributed by atoms with Gasteiger partial charge in [0.25, 0.3) is 0 Å². The van der Waals surface area contributed by atoms with Crippen LogP contribution in [0.3, 0.4) is 0 Å². The summed E-state index contributed by atoms with van der Waals surface area (Å²) in [7, 11) is -3.48. The van der Waals surface area contributed by atoms with Gasteiger partial charge in [0, 0.05) is 26.1 Å². The van der Waals surface area contributed by atoms with Crippen molar-refractivity contribution in [2.75, 3.05) is 30.2 Å². The number of nitrogens with zero attached hydrogens (tertiary/aromatic N) is 3. The molecule has 1 heterocycles. The summed E-state index contributed by atoms with van der Waals surface area (Å²) >= 11 is 0. The second-order valence-electron chi connectivity index (χ2n) is 5.33. The molecule has 118 valence electrons. The number of carbonyl (C=O) groups is 1. The zero-order valence-electron chi connectivity index (χ0n) is 12.5. The van der Waals surface area contributed by atoms with Gasteiger partial charge in [-0.2, -0.15) is 5.26 Å². The van der Waals surface area contributed by atoms with Gasteiger partial charge in [-0.15, -0.1) is 0 Å². The monoisotopic (exact) mass is 321 g/mol. The first-order chi connectivity index (χ1) is 10.4. The first-order valence-corrected chi connectivity index (χ1v) is 9.02. The van der Waals surface area contributed by atoms with E-state index < -0.39 is 10.0 Å². The summed E-state index contributed by atoms with van der Waals surface area (Å²) in [6.07, 6.45) is 3.30. The smallest absolute Gasteiger partial charge is 0.232 e. The molecule has 0 aromatic heterocycles. The summed E-state index contributed by atoms with van der Waals surface area (Å²) < 4.78 is 25.1. The van der Waals surface area contributed by atoms with Crippen LogP contribution in [0.1, 0.15) is 24.8 Å². The van der Waals surface area contributed by atoms with Gasteiger partial charge in [0.15, 0.2) is 0 Å². The third kappa shape index (κ3) is 3.98. The summed E-state index contributed by atoms with van der Waals surface area (Å²) in [5.41, 5.74) is 0.932. The Balaban J connectivity index is 2.09. The van der Waals surface area contributed by atoms with Crippen molar-refractivity contribution in [2.24, 2.45) is 0 Å². The Morgan fingerprint density at radius 2 is 1.86 bits per heavy atom. The standard InChI is InChI=1S/C15H19N3O3S/c1-22(20,21)18(14-6-4-13(12-16)5-7-14)11-8-15(19)17-9-2-3-10-17/h4-7H,2-3,8-11H2,1H3. The number of hydrogen-bond acceptors (Lipinski definition) is 4. The predicted molar refractivity (Wildman–Crippen MR) is 83.8 cm³/mol. The minimum Gasteiger partial charge on any atom is -0.343 e. The predicted octanol–water partition coefficient (Wildman–Crippen LogP) is 1.34. The summed E-state index contributed by atoms with van der Waals surface area (Å²) in [4.78, 5) is 13.8. The van der Waals surface area contributed by atoms with Crippen LogP contribution in [-0.2, 0) is 14.8 Å². The topological polar surface area (TPSA) is 81.5 Å². The number of anilines is 1. The normalized spacial score (nSPS) is 14.6.